The van der Waals surface area contributed by atoms with E-state index >= 15 is 0 Å². The lowest BCUT2D eigenvalue weighted by atomic mass is 10.0. The number of nitrogens with two attached hydrogens (primary N) is 1. The van der Waals surface area contributed by atoms with Crippen molar-refractivity contribution in [3.05, 3.63) is 28.2 Å². The van der Waals surface area contributed by atoms with Gasteiger partial charge in [0, 0.05) is 21.8 Å². The molecular formula is C14H21BrN2O. The fourth-order valence-corrected chi connectivity index (χ4v) is 2.01. The van der Waals surface area contributed by atoms with Gasteiger partial charge in [0.05, 0.1) is 0 Å². The highest BCUT2D eigenvalue weighted by atomic mass is 79.9. The van der Waals surface area contributed by atoms with Crippen LogP contribution in [-0.2, 0) is 0 Å². The van der Waals surface area contributed by atoms with Gasteiger partial charge in [-0.1, -0.05) is 13.8 Å². The Balaban J connectivity index is 2.56. The third-order valence-electron chi connectivity index (χ3n) is 2.82. The van der Waals surface area contributed by atoms with Gasteiger partial charge in [-0.2, -0.15) is 0 Å². The Morgan fingerprint density at radius 2 is 2.00 bits per heavy atom. The summed E-state index contributed by atoms with van der Waals surface area (Å²) in [7, 11) is 0. The summed E-state index contributed by atoms with van der Waals surface area (Å²) in [6.07, 6.45) is 2.12. The van der Waals surface area contributed by atoms with Crippen molar-refractivity contribution in [1.29, 1.82) is 0 Å². The maximum absolute atomic E-state index is 12.0. The van der Waals surface area contributed by atoms with E-state index in [1.165, 1.54) is 0 Å². The lowest BCUT2D eigenvalue weighted by molar-refractivity contribution is 0.0937. The van der Waals surface area contributed by atoms with Gasteiger partial charge < -0.3 is 11.1 Å². The van der Waals surface area contributed by atoms with E-state index in [2.05, 4.69) is 35.1 Å². The number of benzene rings is 1. The van der Waals surface area contributed by atoms with E-state index in [9.17, 15) is 4.79 Å². The van der Waals surface area contributed by atoms with E-state index in [4.69, 9.17) is 5.73 Å². The molecule has 0 heterocycles. The molecule has 0 saturated heterocycles. The lowest BCUT2D eigenvalue weighted by Crippen LogP contribution is -2.32. The molecule has 3 nitrogen and oxygen atoms in total. The number of anilines is 1. The molecule has 1 amide bonds. The van der Waals surface area contributed by atoms with Crippen LogP contribution in [0.5, 0.6) is 0 Å². The lowest BCUT2D eigenvalue weighted by Gasteiger charge is -2.15. The van der Waals surface area contributed by atoms with Crippen molar-refractivity contribution in [2.75, 3.05) is 5.73 Å². The monoisotopic (exact) mass is 312 g/mol. The van der Waals surface area contributed by atoms with E-state index < -0.39 is 0 Å². The van der Waals surface area contributed by atoms with Crippen molar-refractivity contribution in [2.24, 2.45) is 5.92 Å². The number of carbonyl (C=O) groups excluding carboxylic acids is 1. The smallest absolute Gasteiger partial charge is 0.251 e. The highest BCUT2D eigenvalue weighted by Crippen LogP contribution is 2.20. The number of nitrogen functional groups attached to an aromatic ring is 1. The minimum absolute atomic E-state index is 0.0491. The number of amides is 1. The SMILES string of the molecule is CC(C)CCC(C)NC(=O)c1ccc(N)c(Br)c1. The molecule has 100 valence electrons. The molecule has 1 rings (SSSR count). The molecule has 0 bridgehead atoms. The topological polar surface area (TPSA) is 55.1 Å². The highest BCUT2D eigenvalue weighted by Gasteiger charge is 2.11. The standard InChI is InChI=1S/C14H21BrN2O/c1-9(2)4-5-10(3)17-14(18)11-6-7-13(16)12(15)8-11/h6-10H,4-5,16H2,1-3H3,(H,17,18). The van der Waals surface area contributed by atoms with Crippen LogP contribution in [0.3, 0.4) is 0 Å². The third kappa shape index (κ3) is 4.69. The Kier molecular flexibility index (Phi) is 5.66. The summed E-state index contributed by atoms with van der Waals surface area (Å²) in [5.74, 6) is 0.613. The Morgan fingerprint density at radius 3 is 2.56 bits per heavy atom. The fourth-order valence-electron chi connectivity index (χ4n) is 1.63. The number of halogens is 1. The minimum atomic E-state index is -0.0491. The van der Waals surface area contributed by atoms with Gasteiger partial charge in [0.15, 0.2) is 0 Å². The van der Waals surface area contributed by atoms with Crippen LogP contribution in [0.2, 0.25) is 0 Å². The largest absolute Gasteiger partial charge is 0.398 e. The van der Waals surface area contributed by atoms with Gasteiger partial charge in [-0.15, -0.1) is 0 Å². The first kappa shape index (κ1) is 15.0. The van der Waals surface area contributed by atoms with Crippen LogP contribution in [-0.4, -0.2) is 11.9 Å². The van der Waals surface area contributed by atoms with Crippen molar-refractivity contribution in [1.82, 2.24) is 5.32 Å². The van der Waals surface area contributed by atoms with Crippen LogP contribution >= 0.6 is 15.9 Å². The van der Waals surface area contributed by atoms with Gasteiger partial charge in [0.1, 0.15) is 0 Å². The molecule has 3 N–H and O–H groups in total. The van der Waals surface area contributed by atoms with Crippen molar-refractivity contribution in [3.8, 4) is 0 Å². The average molecular weight is 313 g/mol. The molecular weight excluding hydrogens is 292 g/mol. The van der Waals surface area contributed by atoms with Crippen molar-refractivity contribution < 1.29 is 4.79 Å². The van der Waals surface area contributed by atoms with Crippen LogP contribution in [0.15, 0.2) is 22.7 Å². The molecule has 0 fully saturated rings. The second-order valence-electron chi connectivity index (χ2n) is 5.08. The number of hydrogen-bond donors (Lipinski definition) is 2. The molecule has 18 heavy (non-hydrogen) atoms. The van der Waals surface area contributed by atoms with E-state index in [0.29, 0.717) is 17.2 Å². The van der Waals surface area contributed by atoms with E-state index in [1.807, 2.05) is 6.92 Å². The Labute approximate surface area is 117 Å². The molecule has 0 spiro atoms. The molecule has 0 aromatic heterocycles. The van der Waals surface area contributed by atoms with Crippen LogP contribution in [0.25, 0.3) is 0 Å². The van der Waals surface area contributed by atoms with Crippen molar-refractivity contribution >= 4 is 27.5 Å². The molecule has 0 aliphatic rings. The van der Waals surface area contributed by atoms with Gasteiger partial charge in [-0.05, 0) is 59.8 Å². The van der Waals surface area contributed by atoms with E-state index in [-0.39, 0.29) is 11.9 Å². The predicted molar refractivity (Wildman–Crippen MR) is 79.6 cm³/mol. The Bertz CT molecular complexity index is 418. The summed E-state index contributed by atoms with van der Waals surface area (Å²) >= 11 is 3.33. The minimum Gasteiger partial charge on any atom is -0.398 e. The maximum atomic E-state index is 12.0. The average Bonchev–Trinajstić information content (AvgIpc) is 2.30. The van der Waals surface area contributed by atoms with Crippen LogP contribution in [0, 0.1) is 5.92 Å². The van der Waals surface area contributed by atoms with Gasteiger partial charge in [-0.25, -0.2) is 0 Å². The first-order chi connectivity index (χ1) is 8.40. The quantitative estimate of drug-likeness (QED) is 0.816. The van der Waals surface area contributed by atoms with Gasteiger partial charge in [0.25, 0.3) is 5.91 Å². The second kappa shape index (κ2) is 6.78. The summed E-state index contributed by atoms with van der Waals surface area (Å²) in [4.78, 5) is 12.0. The molecule has 0 aliphatic carbocycles. The van der Waals surface area contributed by atoms with Gasteiger partial charge in [-0.3, -0.25) is 4.79 Å². The molecule has 1 atom stereocenters. The second-order valence-corrected chi connectivity index (χ2v) is 5.94. The van der Waals surface area contributed by atoms with Crippen LogP contribution in [0.1, 0.15) is 44.0 Å². The number of rotatable bonds is 5. The predicted octanol–water partition coefficient (Wildman–Crippen LogP) is 3.59. The molecule has 4 heteroatoms. The number of hydrogen-bond acceptors (Lipinski definition) is 2. The zero-order valence-electron chi connectivity index (χ0n) is 11.2. The van der Waals surface area contributed by atoms with Crippen molar-refractivity contribution in [3.63, 3.8) is 0 Å². The molecule has 1 aromatic carbocycles. The Hall–Kier alpha value is -1.03. The molecule has 1 unspecified atom stereocenters. The van der Waals surface area contributed by atoms with E-state index in [1.54, 1.807) is 18.2 Å². The normalized spacial score (nSPS) is 12.5. The first-order valence-electron chi connectivity index (χ1n) is 6.26. The molecule has 0 saturated carbocycles. The molecule has 1 aromatic rings. The summed E-state index contributed by atoms with van der Waals surface area (Å²) in [6.45, 7) is 6.41. The first-order valence-corrected chi connectivity index (χ1v) is 7.05. The zero-order valence-corrected chi connectivity index (χ0v) is 12.8. The summed E-state index contributed by atoms with van der Waals surface area (Å²) in [5.41, 5.74) is 6.96. The fraction of sp³-hybridized carbons (Fsp3) is 0.500. The van der Waals surface area contributed by atoms with Crippen molar-refractivity contribution in [2.45, 2.75) is 39.7 Å². The number of nitrogens with one attached hydrogen (secondary N) is 1. The highest BCUT2D eigenvalue weighted by molar-refractivity contribution is 9.10. The Morgan fingerprint density at radius 1 is 1.33 bits per heavy atom. The number of carbonyl (C=O) groups is 1. The molecule has 0 aliphatic heterocycles. The van der Waals surface area contributed by atoms with Crippen LogP contribution in [0.4, 0.5) is 5.69 Å². The van der Waals surface area contributed by atoms with E-state index in [0.717, 1.165) is 17.3 Å². The maximum Gasteiger partial charge on any atom is 0.251 e. The third-order valence-corrected chi connectivity index (χ3v) is 3.50. The zero-order chi connectivity index (χ0) is 13.7. The van der Waals surface area contributed by atoms with Gasteiger partial charge in [0.2, 0.25) is 0 Å². The van der Waals surface area contributed by atoms with Crippen LogP contribution < -0.4 is 11.1 Å². The summed E-state index contributed by atoms with van der Waals surface area (Å²) < 4.78 is 0.755. The molecule has 0 radical (unpaired) electrons. The van der Waals surface area contributed by atoms with Gasteiger partial charge >= 0.3 is 0 Å². The summed E-state index contributed by atoms with van der Waals surface area (Å²) in [5, 5.41) is 3.00. The summed E-state index contributed by atoms with van der Waals surface area (Å²) in [6, 6.07) is 5.42.